The fraction of sp³-hybridized carbons (Fsp3) is 0.105. The van der Waals surface area contributed by atoms with Crippen LogP contribution in [0.4, 0.5) is 17.3 Å². The number of hydrogen-bond donors (Lipinski definition) is 2. The van der Waals surface area contributed by atoms with Gasteiger partial charge in [0, 0.05) is 11.2 Å². The van der Waals surface area contributed by atoms with E-state index < -0.39 is 5.91 Å². The van der Waals surface area contributed by atoms with Gasteiger partial charge in [0.1, 0.15) is 17.2 Å². The second-order valence-electron chi connectivity index (χ2n) is 5.39. The highest BCUT2D eigenvalue weighted by Crippen LogP contribution is 2.28. The highest BCUT2D eigenvalue weighted by atomic mass is 35.5. The fourth-order valence-electron chi connectivity index (χ4n) is 2.38. The van der Waals surface area contributed by atoms with Gasteiger partial charge in [-0.25, -0.2) is 9.97 Å². The molecule has 0 atom stereocenters. The standard InChI is InChI=1S/C19H17ClN4O3/c1-26-16-6-4-3-5-13(16)23-19-21-10-9-14(24-19)18(25)22-15-11-12(20)7-8-17(15)27-2/h3-11H,1-2H3,(H,22,25)(H,21,23,24). The Bertz CT molecular complexity index is 965. The van der Waals surface area contributed by atoms with Gasteiger partial charge in [-0.2, -0.15) is 0 Å². The number of anilines is 3. The number of nitrogens with zero attached hydrogens (tertiary/aromatic N) is 2. The Labute approximate surface area is 161 Å². The van der Waals surface area contributed by atoms with Crippen molar-refractivity contribution in [2.75, 3.05) is 24.9 Å². The number of halogens is 1. The van der Waals surface area contributed by atoms with E-state index >= 15 is 0 Å². The predicted molar refractivity (Wildman–Crippen MR) is 104 cm³/mol. The minimum absolute atomic E-state index is 0.185. The molecule has 0 aliphatic rings. The number of para-hydroxylation sites is 2. The van der Waals surface area contributed by atoms with E-state index in [0.717, 1.165) is 0 Å². The first-order chi connectivity index (χ1) is 13.1. The molecule has 0 radical (unpaired) electrons. The van der Waals surface area contributed by atoms with Gasteiger partial charge in [0.15, 0.2) is 0 Å². The average molecular weight is 385 g/mol. The predicted octanol–water partition coefficient (Wildman–Crippen LogP) is 4.14. The molecule has 3 rings (SSSR count). The molecule has 2 aromatic carbocycles. The number of aromatic nitrogens is 2. The highest BCUT2D eigenvalue weighted by molar-refractivity contribution is 6.31. The molecule has 7 nitrogen and oxygen atoms in total. The Hall–Kier alpha value is -3.32. The lowest BCUT2D eigenvalue weighted by atomic mass is 10.2. The summed E-state index contributed by atoms with van der Waals surface area (Å²) in [5.41, 5.74) is 1.33. The molecule has 0 aliphatic heterocycles. The lowest BCUT2D eigenvalue weighted by Crippen LogP contribution is -2.15. The molecule has 0 saturated heterocycles. The van der Waals surface area contributed by atoms with Crippen molar-refractivity contribution in [1.29, 1.82) is 0 Å². The zero-order valence-electron chi connectivity index (χ0n) is 14.7. The van der Waals surface area contributed by atoms with Gasteiger partial charge >= 0.3 is 0 Å². The van der Waals surface area contributed by atoms with Crippen LogP contribution < -0.4 is 20.1 Å². The normalized spacial score (nSPS) is 10.2. The molecule has 0 fully saturated rings. The summed E-state index contributed by atoms with van der Waals surface area (Å²) < 4.78 is 10.5. The van der Waals surface area contributed by atoms with Crippen molar-refractivity contribution in [3.63, 3.8) is 0 Å². The van der Waals surface area contributed by atoms with Crippen LogP contribution in [-0.2, 0) is 0 Å². The molecule has 1 amide bonds. The molecule has 2 N–H and O–H groups in total. The monoisotopic (exact) mass is 384 g/mol. The molecule has 0 aliphatic carbocycles. The van der Waals surface area contributed by atoms with Gasteiger partial charge in [-0.1, -0.05) is 23.7 Å². The SMILES string of the molecule is COc1ccc(Cl)cc1NC(=O)c1ccnc(Nc2ccccc2OC)n1. The van der Waals surface area contributed by atoms with Crippen LogP contribution in [0.25, 0.3) is 0 Å². The number of benzene rings is 2. The molecule has 0 spiro atoms. The Balaban J connectivity index is 1.81. The third-order valence-electron chi connectivity index (χ3n) is 3.65. The number of rotatable bonds is 6. The van der Waals surface area contributed by atoms with Gasteiger partial charge in [0.2, 0.25) is 5.95 Å². The first kappa shape index (κ1) is 18.5. The topological polar surface area (TPSA) is 85.4 Å². The Morgan fingerprint density at radius 2 is 1.74 bits per heavy atom. The van der Waals surface area contributed by atoms with Crippen LogP contribution in [0, 0.1) is 0 Å². The van der Waals surface area contributed by atoms with Crippen molar-refractivity contribution in [2.24, 2.45) is 0 Å². The number of carbonyl (C=O) groups is 1. The molecular formula is C19H17ClN4O3. The zero-order chi connectivity index (χ0) is 19.2. The lowest BCUT2D eigenvalue weighted by Gasteiger charge is -2.12. The Morgan fingerprint density at radius 1 is 1.00 bits per heavy atom. The first-order valence-corrected chi connectivity index (χ1v) is 8.36. The third kappa shape index (κ3) is 4.45. The maximum Gasteiger partial charge on any atom is 0.274 e. The highest BCUT2D eigenvalue weighted by Gasteiger charge is 2.13. The van der Waals surface area contributed by atoms with Gasteiger partial charge in [-0.3, -0.25) is 4.79 Å². The second-order valence-corrected chi connectivity index (χ2v) is 5.83. The van der Waals surface area contributed by atoms with E-state index in [1.807, 2.05) is 24.3 Å². The van der Waals surface area contributed by atoms with Crippen LogP contribution in [0.2, 0.25) is 5.02 Å². The summed E-state index contributed by atoms with van der Waals surface area (Å²) in [5, 5.41) is 6.26. The minimum Gasteiger partial charge on any atom is -0.495 e. The summed E-state index contributed by atoms with van der Waals surface area (Å²) >= 11 is 5.99. The number of methoxy groups -OCH3 is 2. The molecule has 27 heavy (non-hydrogen) atoms. The van der Waals surface area contributed by atoms with Crippen molar-refractivity contribution in [1.82, 2.24) is 9.97 Å². The van der Waals surface area contributed by atoms with E-state index in [9.17, 15) is 4.79 Å². The van der Waals surface area contributed by atoms with E-state index in [4.69, 9.17) is 21.1 Å². The van der Waals surface area contributed by atoms with Crippen LogP contribution in [0.15, 0.2) is 54.7 Å². The molecule has 0 saturated carbocycles. The minimum atomic E-state index is -0.416. The lowest BCUT2D eigenvalue weighted by molar-refractivity contribution is 0.102. The Kier molecular flexibility index (Phi) is 5.73. The van der Waals surface area contributed by atoms with Gasteiger partial charge in [-0.05, 0) is 36.4 Å². The van der Waals surface area contributed by atoms with Crippen molar-refractivity contribution in [3.05, 3.63) is 65.4 Å². The number of nitrogens with one attached hydrogen (secondary N) is 2. The average Bonchev–Trinajstić information content (AvgIpc) is 2.69. The van der Waals surface area contributed by atoms with Gasteiger partial charge < -0.3 is 20.1 Å². The number of carbonyl (C=O) groups excluding carboxylic acids is 1. The van der Waals surface area contributed by atoms with Crippen LogP contribution >= 0.6 is 11.6 Å². The zero-order valence-corrected chi connectivity index (χ0v) is 15.4. The molecule has 3 aromatic rings. The quantitative estimate of drug-likeness (QED) is 0.664. The van der Waals surface area contributed by atoms with Crippen molar-refractivity contribution < 1.29 is 14.3 Å². The molecule has 0 unspecified atom stereocenters. The van der Waals surface area contributed by atoms with Crippen LogP contribution in [-0.4, -0.2) is 30.1 Å². The van der Waals surface area contributed by atoms with Gasteiger partial charge in [0.25, 0.3) is 5.91 Å². The maximum atomic E-state index is 12.6. The van der Waals surface area contributed by atoms with E-state index in [0.29, 0.717) is 27.9 Å². The summed E-state index contributed by atoms with van der Waals surface area (Å²) in [6.07, 6.45) is 1.49. The van der Waals surface area contributed by atoms with Crippen molar-refractivity contribution in [2.45, 2.75) is 0 Å². The van der Waals surface area contributed by atoms with Gasteiger partial charge in [-0.15, -0.1) is 0 Å². The van der Waals surface area contributed by atoms with Gasteiger partial charge in [0.05, 0.1) is 25.6 Å². The van der Waals surface area contributed by atoms with E-state index in [2.05, 4.69) is 20.6 Å². The molecule has 8 heteroatoms. The van der Waals surface area contributed by atoms with E-state index in [-0.39, 0.29) is 11.6 Å². The first-order valence-electron chi connectivity index (χ1n) is 7.98. The van der Waals surface area contributed by atoms with Crippen LogP contribution in [0.1, 0.15) is 10.5 Å². The summed E-state index contributed by atoms with van der Waals surface area (Å²) in [6.45, 7) is 0. The smallest absolute Gasteiger partial charge is 0.274 e. The third-order valence-corrected chi connectivity index (χ3v) is 3.89. The maximum absolute atomic E-state index is 12.6. The number of amides is 1. The van der Waals surface area contributed by atoms with E-state index in [1.165, 1.54) is 19.4 Å². The number of ether oxygens (including phenoxy) is 2. The van der Waals surface area contributed by atoms with Crippen LogP contribution in [0.3, 0.4) is 0 Å². The van der Waals surface area contributed by atoms with Crippen LogP contribution in [0.5, 0.6) is 11.5 Å². The summed E-state index contributed by atoms with van der Waals surface area (Å²) in [6, 6.07) is 13.8. The summed E-state index contributed by atoms with van der Waals surface area (Å²) in [5.74, 6) is 0.986. The molecular weight excluding hydrogens is 368 g/mol. The summed E-state index contributed by atoms with van der Waals surface area (Å²) in [4.78, 5) is 21.0. The number of hydrogen-bond acceptors (Lipinski definition) is 6. The second kappa shape index (κ2) is 8.37. The molecule has 1 heterocycles. The fourth-order valence-corrected chi connectivity index (χ4v) is 2.55. The van der Waals surface area contributed by atoms with Crippen molar-refractivity contribution in [3.8, 4) is 11.5 Å². The van der Waals surface area contributed by atoms with E-state index in [1.54, 1.807) is 25.3 Å². The Morgan fingerprint density at radius 3 is 2.52 bits per heavy atom. The molecule has 0 bridgehead atoms. The molecule has 1 aromatic heterocycles. The van der Waals surface area contributed by atoms with Crippen molar-refractivity contribution >= 4 is 34.8 Å². The molecule has 138 valence electrons. The summed E-state index contributed by atoms with van der Waals surface area (Å²) in [7, 11) is 3.09. The largest absolute Gasteiger partial charge is 0.495 e.